The molecule has 3 rings (SSSR count). The van der Waals surface area contributed by atoms with E-state index >= 15 is 0 Å². The number of hydrogen-bond donors (Lipinski definition) is 3. The third-order valence-electron chi connectivity index (χ3n) is 4.49. The molecule has 0 unspecified atom stereocenters. The molecule has 0 saturated heterocycles. The first kappa shape index (κ1) is 19.2. The van der Waals surface area contributed by atoms with E-state index in [1.807, 2.05) is 6.07 Å². The Balaban J connectivity index is 1.40. The zero-order valence-corrected chi connectivity index (χ0v) is 15.7. The maximum Gasteiger partial charge on any atom is 0.315 e. The summed E-state index contributed by atoms with van der Waals surface area (Å²) < 4.78 is 5.09. The number of nitrogens with zero attached hydrogens (tertiary/aromatic N) is 1. The molecule has 27 heavy (non-hydrogen) atoms. The summed E-state index contributed by atoms with van der Waals surface area (Å²) in [6.45, 7) is 0.629. The van der Waals surface area contributed by atoms with Crippen molar-refractivity contribution in [3.8, 4) is 11.3 Å². The lowest BCUT2D eigenvalue weighted by Crippen LogP contribution is -2.45. The fourth-order valence-electron chi connectivity index (χ4n) is 3.09. The molecule has 7 nitrogen and oxygen atoms in total. The largest absolute Gasteiger partial charge is 0.350 e. The lowest BCUT2D eigenvalue weighted by molar-refractivity contribution is 0.0917. The topological polar surface area (TPSA) is 96.3 Å². The van der Waals surface area contributed by atoms with Crippen molar-refractivity contribution in [1.82, 2.24) is 21.1 Å². The summed E-state index contributed by atoms with van der Waals surface area (Å²) in [5, 5.41) is 12.9. The first-order chi connectivity index (χ1) is 13.1. The van der Waals surface area contributed by atoms with Gasteiger partial charge in [0.05, 0.1) is 0 Å². The molecule has 3 amide bonds. The van der Waals surface area contributed by atoms with Gasteiger partial charge in [-0.05, 0) is 25.0 Å². The van der Waals surface area contributed by atoms with Crippen molar-refractivity contribution in [3.63, 3.8) is 0 Å². The smallest absolute Gasteiger partial charge is 0.315 e. The minimum atomic E-state index is -0.384. The number of halogens is 1. The minimum absolute atomic E-state index is 0.108. The van der Waals surface area contributed by atoms with Crippen LogP contribution in [0.5, 0.6) is 0 Å². The van der Waals surface area contributed by atoms with Crippen LogP contribution in [0, 0.1) is 0 Å². The Morgan fingerprint density at radius 1 is 1.11 bits per heavy atom. The Morgan fingerprint density at radius 2 is 1.89 bits per heavy atom. The fourth-order valence-corrected chi connectivity index (χ4v) is 3.28. The summed E-state index contributed by atoms with van der Waals surface area (Å²) in [7, 11) is 0. The number of carbonyl (C=O) groups is 2. The second-order valence-electron chi connectivity index (χ2n) is 6.58. The van der Waals surface area contributed by atoms with Gasteiger partial charge in [-0.25, -0.2) is 4.79 Å². The van der Waals surface area contributed by atoms with Gasteiger partial charge in [-0.1, -0.05) is 48.2 Å². The van der Waals surface area contributed by atoms with Crippen LogP contribution in [0.2, 0.25) is 5.02 Å². The lowest BCUT2D eigenvalue weighted by Gasteiger charge is -2.22. The monoisotopic (exact) mass is 390 g/mol. The van der Waals surface area contributed by atoms with Gasteiger partial charge in [0.25, 0.3) is 5.91 Å². The number of aromatic nitrogens is 1. The summed E-state index contributed by atoms with van der Waals surface area (Å²) in [6, 6.07) is 8.76. The van der Waals surface area contributed by atoms with Crippen LogP contribution < -0.4 is 16.0 Å². The van der Waals surface area contributed by atoms with Crippen LogP contribution in [0.25, 0.3) is 11.3 Å². The Morgan fingerprint density at radius 3 is 2.67 bits per heavy atom. The number of benzene rings is 1. The molecule has 3 N–H and O–H groups in total. The summed E-state index contributed by atoms with van der Waals surface area (Å²) in [5.41, 5.74) is 1.30. The highest BCUT2D eigenvalue weighted by Crippen LogP contribution is 2.22. The van der Waals surface area contributed by atoms with Crippen molar-refractivity contribution >= 4 is 23.5 Å². The second kappa shape index (κ2) is 9.41. The molecule has 1 aliphatic rings. The van der Waals surface area contributed by atoms with Crippen LogP contribution in [0.1, 0.15) is 42.7 Å². The van der Waals surface area contributed by atoms with Crippen LogP contribution in [-0.2, 0) is 0 Å². The van der Waals surface area contributed by atoms with Gasteiger partial charge < -0.3 is 20.5 Å². The van der Waals surface area contributed by atoms with Gasteiger partial charge in [0, 0.05) is 35.8 Å². The van der Waals surface area contributed by atoms with E-state index in [9.17, 15) is 9.59 Å². The first-order valence-electron chi connectivity index (χ1n) is 9.17. The van der Waals surface area contributed by atoms with Crippen molar-refractivity contribution in [3.05, 3.63) is 41.1 Å². The van der Waals surface area contributed by atoms with Crippen LogP contribution >= 0.6 is 11.6 Å². The van der Waals surface area contributed by atoms with Gasteiger partial charge in [0.15, 0.2) is 0 Å². The van der Waals surface area contributed by atoms with Gasteiger partial charge in [-0.15, -0.1) is 0 Å². The number of carbonyl (C=O) groups excluding carboxylic acids is 2. The quantitative estimate of drug-likeness (QED) is 0.659. The molecule has 1 saturated carbocycles. The summed E-state index contributed by atoms with van der Waals surface area (Å²) in [4.78, 5) is 24.0. The lowest BCUT2D eigenvalue weighted by atomic mass is 9.96. The molecular weight excluding hydrogens is 368 g/mol. The second-order valence-corrected chi connectivity index (χ2v) is 7.01. The number of amides is 3. The van der Waals surface area contributed by atoms with Gasteiger partial charge in [-0.3, -0.25) is 4.79 Å². The molecule has 144 valence electrons. The van der Waals surface area contributed by atoms with Crippen LogP contribution in [0.3, 0.4) is 0 Å². The molecule has 1 aliphatic carbocycles. The van der Waals surface area contributed by atoms with Gasteiger partial charge >= 0.3 is 6.03 Å². The number of nitrogens with one attached hydrogen (secondary N) is 3. The first-order valence-corrected chi connectivity index (χ1v) is 9.55. The number of rotatable bonds is 6. The SMILES string of the molecule is O=C(NCCNC(=O)c1cc(-c2cccc(Cl)c2)no1)NC1CCCCC1. The standard InChI is InChI=1S/C19H23ClN4O3/c20-14-6-4-5-13(11-14)16-12-17(27-24-16)18(25)21-9-10-22-19(26)23-15-7-2-1-3-8-15/h4-6,11-12,15H,1-3,7-10H2,(H,21,25)(H2,22,23,26). The normalized spacial score (nSPS) is 14.6. The highest BCUT2D eigenvalue weighted by Gasteiger charge is 2.16. The summed E-state index contributed by atoms with van der Waals surface area (Å²) in [6.07, 6.45) is 5.63. The third kappa shape index (κ3) is 5.72. The fraction of sp³-hybridized carbons (Fsp3) is 0.421. The van der Waals surface area contributed by atoms with E-state index in [1.54, 1.807) is 24.3 Å². The van der Waals surface area contributed by atoms with Crippen molar-refractivity contribution in [2.75, 3.05) is 13.1 Å². The molecule has 1 fully saturated rings. The highest BCUT2D eigenvalue weighted by molar-refractivity contribution is 6.30. The van der Waals surface area contributed by atoms with Crippen LogP contribution in [0.4, 0.5) is 4.79 Å². The van der Waals surface area contributed by atoms with Crippen molar-refractivity contribution < 1.29 is 14.1 Å². The maximum absolute atomic E-state index is 12.1. The molecule has 0 radical (unpaired) electrons. The van der Waals surface area contributed by atoms with E-state index in [1.165, 1.54) is 6.42 Å². The highest BCUT2D eigenvalue weighted by atomic mass is 35.5. The van der Waals surface area contributed by atoms with Crippen molar-refractivity contribution in [2.24, 2.45) is 0 Å². The number of hydrogen-bond acceptors (Lipinski definition) is 4. The van der Waals surface area contributed by atoms with E-state index < -0.39 is 0 Å². The van der Waals surface area contributed by atoms with Gasteiger partial charge in [0.1, 0.15) is 5.69 Å². The molecule has 0 bridgehead atoms. The van der Waals surface area contributed by atoms with Crippen LogP contribution in [0.15, 0.2) is 34.9 Å². The summed E-state index contributed by atoms with van der Waals surface area (Å²) >= 11 is 5.96. The van der Waals surface area contributed by atoms with Gasteiger partial charge in [0.2, 0.25) is 5.76 Å². The number of urea groups is 1. The zero-order valence-electron chi connectivity index (χ0n) is 15.0. The average molecular weight is 391 g/mol. The Kier molecular flexibility index (Phi) is 6.70. The van der Waals surface area contributed by atoms with E-state index in [2.05, 4.69) is 21.1 Å². The van der Waals surface area contributed by atoms with Crippen LogP contribution in [-0.4, -0.2) is 36.2 Å². The Labute approximate surface area is 162 Å². The Bertz CT molecular complexity index is 787. The predicted molar refractivity (Wildman–Crippen MR) is 103 cm³/mol. The van der Waals surface area contributed by atoms with E-state index in [0.717, 1.165) is 31.2 Å². The molecule has 8 heteroatoms. The molecule has 0 spiro atoms. The van der Waals surface area contributed by atoms with Crippen molar-refractivity contribution in [1.29, 1.82) is 0 Å². The van der Waals surface area contributed by atoms with E-state index in [4.69, 9.17) is 16.1 Å². The molecule has 0 atom stereocenters. The van der Waals surface area contributed by atoms with Crippen molar-refractivity contribution in [2.45, 2.75) is 38.1 Å². The molecule has 1 aromatic heterocycles. The maximum atomic E-state index is 12.1. The summed E-state index contributed by atoms with van der Waals surface area (Å²) in [5.74, 6) is -0.276. The van der Waals surface area contributed by atoms with E-state index in [0.29, 0.717) is 23.8 Å². The molecule has 0 aliphatic heterocycles. The molecular formula is C19H23ClN4O3. The van der Waals surface area contributed by atoms with Gasteiger partial charge in [-0.2, -0.15) is 0 Å². The third-order valence-corrected chi connectivity index (χ3v) is 4.73. The minimum Gasteiger partial charge on any atom is -0.350 e. The Hall–Kier alpha value is -2.54. The zero-order chi connectivity index (χ0) is 19.1. The molecule has 2 aromatic rings. The molecule has 1 aromatic carbocycles. The predicted octanol–water partition coefficient (Wildman–Crippen LogP) is 3.36. The average Bonchev–Trinajstić information content (AvgIpc) is 3.16. The van der Waals surface area contributed by atoms with E-state index in [-0.39, 0.29) is 23.7 Å². The molecule has 1 heterocycles.